The van der Waals surface area contributed by atoms with Crippen LogP contribution in [0.25, 0.3) is 0 Å². The number of quaternary nitrogens is 1. The Morgan fingerprint density at radius 2 is 0.813 bits per heavy atom. The van der Waals surface area contributed by atoms with E-state index < -0.39 is 20.0 Å². The molecule has 0 aromatic carbocycles. The molecule has 0 radical (unpaired) electrons. The van der Waals surface area contributed by atoms with Gasteiger partial charge >= 0.3 is 7.82 Å². The number of phosphoric acid groups is 1. The Bertz CT molecular complexity index is 1500. The lowest BCUT2D eigenvalue weighted by atomic mass is 10.0. The molecule has 0 fully saturated rings. The van der Waals surface area contributed by atoms with E-state index in [1.165, 1.54) is 186 Å². The lowest BCUT2D eigenvalue weighted by Gasteiger charge is -2.25. The minimum Gasteiger partial charge on any atom is -0.387 e. The summed E-state index contributed by atoms with van der Waals surface area (Å²) in [5.41, 5.74) is 0. The van der Waals surface area contributed by atoms with Crippen molar-refractivity contribution >= 4 is 13.7 Å². The molecular formula is C66H122N2O6P+. The van der Waals surface area contributed by atoms with E-state index in [0.29, 0.717) is 17.4 Å². The first-order valence-corrected chi connectivity index (χ1v) is 33.0. The maximum atomic E-state index is 13.0. The van der Waals surface area contributed by atoms with Gasteiger partial charge in [0.25, 0.3) is 0 Å². The van der Waals surface area contributed by atoms with E-state index in [4.69, 9.17) is 9.05 Å². The number of likely N-dealkylation sites (N-methyl/N-ethyl adjacent to an activating group) is 1. The van der Waals surface area contributed by atoms with Crippen molar-refractivity contribution in [3.63, 3.8) is 0 Å². The Morgan fingerprint density at radius 1 is 0.467 bits per heavy atom. The largest absolute Gasteiger partial charge is 0.472 e. The first kappa shape index (κ1) is 72.7. The van der Waals surface area contributed by atoms with Crippen LogP contribution in [0, 0.1) is 0 Å². The van der Waals surface area contributed by atoms with Gasteiger partial charge in [0.05, 0.1) is 39.9 Å². The minimum atomic E-state index is -4.36. The summed E-state index contributed by atoms with van der Waals surface area (Å²) in [6.45, 7) is 4.70. The molecular weight excluding hydrogens is 948 g/mol. The highest BCUT2D eigenvalue weighted by Crippen LogP contribution is 2.43. The van der Waals surface area contributed by atoms with Crippen LogP contribution in [-0.4, -0.2) is 73.4 Å². The van der Waals surface area contributed by atoms with Gasteiger partial charge in [-0.05, 0) is 77.0 Å². The molecule has 75 heavy (non-hydrogen) atoms. The number of nitrogens with one attached hydrogen (secondary N) is 1. The van der Waals surface area contributed by atoms with Crippen molar-refractivity contribution in [3.05, 3.63) is 85.1 Å². The number of aliphatic hydroxyl groups is 1. The minimum absolute atomic E-state index is 0.0545. The number of unbranched alkanes of at least 4 members (excludes halogenated alkanes) is 32. The number of carbonyl (C=O) groups is 1. The standard InChI is InChI=1S/C66H121N2O6P/c1-6-8-10-12-14-16-18-20-22-24-26-28-29-30-31-32-33-34-35-36-37-38-39-40-42-44-46-48-50-52-54-56-58-60-66(70)67-64(63-74-75(71,72)73-62-61-68(3,4)5)65(69)59-57-55-53-51-49-47-45-43-41-27-25-23-21-19-17-15-13-11-9-7-2/h8,10,14,16,20,22,26,28,30-31,49,51,57,59,64-65,69H,6-7,9,11-13,15,17-19,21,23-25,27,29,32-48,50,52-56,58,60-63H2,1-5H3,(H-,67,70,71,72)/p+1/b10-8-,16-14-,22-20-,28-26-,31-30-,51-49+,59-57+. The summed E-state index contributed by atoms with van der Waals surface area (Å²) < 4.78 is 23.7. The number of aliphatic hydroxyl groups excluding tert-OH is 1. The highest BCUT2D eigenvalue weighted by Gasteiger charge is 2.27. The number of phosphoric ester groups is 1. The quantitative estimate of drug-likeness (QED) is 0.0243. The molecule has 0 aliphatic rings. The van der Waals surface area contributed by atoms with Crippen LogP contribution >= 0.6 is 7.82 Å². The van der Waals surface area contributed by atoms with Gasteiger partial charge in [0.2, 0.25) is 5.91 Å². The molecule has 0 saturated heterocycles. The predicted octanol–water partition coefficient (Wildman–Crippen LogP) is 19.6. The van der Waals surface area contributed by atoms with Crippen molar-refractivity contribution < 1.29 is 32.9 Å². The Hall–Kier alpha value is -2.32. The molecule has 0 heterocycles. The average Bonchev–Trinajstić information content (AvgIpc) is 3.37. The molecule has 436 valence electrons. The van der Waals surface area contributed by atoms with E-state index in [9.17, 15) is 19.4 Å². The number of hydrogen-bond acceptors (Lipinski definition) is 5. The topological polar surface area (TPSA) is 105 Å². The van der Waals surface area contributed by atoms with E-state index in [-0.39, 0.29) is 19.1 Å². The smallest absolute Gasteiger partial charge is 0.387 e. The number of amides is 1. The molecule has 0 spiro atoms. The molecule has 1 amide bonds. The summed E-state index contributed by atoms with van der Waals surface area (Å²) in [5, 5.41) is 13.9. The molecule has 3 unspecified atom stereocenters. The van der Waals surface area contributed by atoms with E-state index in [2.05, 4.69) is 92.1 Å². The van der Waals surface area contributed by atoms with Crippen molar-refractivity contribution in [1.29, 1.82) is 0 Å². The number of allylic oxidation sites excluding steroid dienone is 13. The van der Waals surface area contributed by atoms with Gasteiger partial charge in [-0.3, -0.25) is 13.8 Å². The van der Waals surface area contributed by atoms with Crippen molar-refractivity contribution in [2.45, 2.75) is 289 Å². The maximum Gasteiger partial charge on any atom is 0.472 e. The van der Waals surface area contributed by atoms with Gasteiger partial charge in [0, 0.05) is 6.42 Å². The summed E-state index contributed by atoms with van der Waals surface area (Å²) >= 11 is 0. The lowest BCUT2D eigenvalue weighted by Crippen LogP contribution is -2.45. The number of nitrogens with zero attached hydrogens (tertiary/aromatic N) is 1. The van der Waals surface area contributed by atoms with Crippen LogP contribution in [0.3, 0.4) is 0 Å². The van der Waals surface area contributed by atoms with Crippen LogP contribution in [-0.2, 0) is 18.4 Å². The molecule has 0 saturated carbocycles. The van der Waals surface area contributed by atoms with E-state index >= 15 is 0 Å². The third kappa shape index (κ3) is 59.2. The van der Waals surface area contributed by atoms with E-state index in [1.54, 1.807) is 6.08 Å². The monoisotopic (exact) mass is 1070 g/mol. The molecule has 3 N–H and O–H groups in total. The van der Waals surface area contributed by atoms with Crippen LogP contribution < -0.4 is 5.32 Å². The van der Waals surface area contributed by atoms with Crippen LogP contribution in [0.15, 0.2) is 85.1 Å². The second-order valence-electron chi connectivity index (χ2n) is 22.4. The molecule has 0 aliphatic heterocycles. The zero-order valence-corrected chi connectivity index (χ0v) is 50.7. The number of hydrogen-bond donors (Lipinski definition) is 3. The molecule has 0 aromatic heterocycles. The third-order valence-electron chi connectivity index (χ3n) is 13.8. The van der Waals surface area contributed by atoms with Gasteiger partial charge in [0.15, 0.2) is 0 Å². The molecule has 0 rings (SSSR count). The van der Waals surface area contributed by atoms with Crippen molar-refractivity contribution in [3.8, 4) is 0 Å². The van der Waals surface area contributed by atoms with Crippen LogP contribution in [0.5, 0.6) is 0 Å². The number of carbonyl (C=O) groups excluding carboxylic acids is 1. The Balaban J connectivity index is 4.12. The Morgan fingerprint density at radius 3 is 1.23 bits per heavy atom. The molecule has 8 nitrogen and oxygen atoms in total. The third-order valence-corrected chi connectivity index (χ3v) is 14.8. The van der Waals surface area contributed by atoms with Crippen molar-refractivity contribution in [2.24, 2.45) is 0 Å². The molecule has 0 bridgehead atoms. The van der Waals surface area contributed by atoms with Crippen molar-refractivity contribution in [1.82, 2.24) is 5.32 Å². The fraction of sp³-hybridized carbons (Fsp3) is 0.773. The average molecular weight is 1070 g/mol. The van der Waals surface area contributed by atoms with E-state index in [1.807, 2.05) is 27.2 Å². The second-order valence-corrected chi connectivity index (χ2v) is 23.8. The Labute approximate surface area is 465 Å². The first-order chi connectivity index (χ1) is 36.5. The fourth-order valence-electron chi connectivity index (χ4n) is 8.97. The number of rotatable bonds is 57. The van der Waals surface area contributed by atoms with Crippen LogP contribution in [0.1, 0.15) is 277 Å². The molecule has 0 aromatic rings. The second kappa shape index (κ2) is 56.4. The molecule has 3 atom stereocenters. The summed E-state index contributed by atoms with van der Waals surface area (Å²) in [6.07, 6.45) is 79.9. The van der Waals surface area contributed by atoms with Gasteiger partial charge in [-0.1, -0.05) is 279 Å². The van der Waals surface area contributed by atoms with Gasteiger partial charge in [-0.2, -0.15) is 0 Å². The van der Waals surface area contributed by atoms with Crippen molar-refractivity contribution in [2.75, 3.05) is 40.9 Å². The maximum absolute atomic E-state index is 13.0. The summed E-state index contributed by atoms with van der Waals surface area (Å²) in [5.74, 6) is -0.186. The summed E-state index contributed by atoms with van der Waals surface area (Å²) in [7, 11) is 1.56. The normalized spacial score (nSPS) is 14.4. The zero-order valence-electron chi connectivity index (χ0n) is 49.8. The van der Waals surface area contributed by atoms with E-state index in [0.717, 1.165) is 70.6 Å². The summed E-state index contributed by atoms with van der Waals surface area (Å²) in [4.78, 5) is 23.3. The molecule has 9 heteroatoms. The highest BCUT2D eigenvalue weighted by atomic mass is 31.2. The molecule has 0 aliphatic carbocycles. The van der Waals surface area contributed by atoms with Crippen LogP contribution in [0.4, 0.5) is 0 Å². The zero-order chi connectivity index (χ0) is 54.9. The van der Waals surface area contributed by atoms with Gasteiger partial charge in [-0.25, -0.2) is 4.57 Å². The predicted molar refractivity (Wildman–Crippen MR) is 327 cm³/mol. The highest BCUT2D eigenvalue weighted by molar-refractivity contribution is 7.47. The Kier molecular flexibility index (Phi) is 54.7. The van der Waals surface area contributed by atoms with Gasteiger partial charge in [0.1, 0.15) is 13.2 Å². The van der Waals surface area contributed by atoms with Gasteiger partial charge in [-0.15, -0.1) is 0 Å². The van der Waals surface area contributed by atoms with Crippen LogP contribution in [0.2, 0.25) is 0 Å². The lowest BCUT2D eigenvalue weighted by molar-refractivity contribution is -0.870. The fourth-order valence-corrected chi connectivity index (χ4v) is 9.70. The SMILES string of the molecule is CC/C=C\C/C=C\C/C=C\C/C=C\C/C=C\CCCCCCCCCCCCCCCCCCCC(=O)NC(COP(=O)(O)OCC[N+](C)(C)C)C(O)/C=C/CC/C=C/CCCCCCCCCCCCCCCC. The summed E-state index contributed by atoms with van der Waals surface area (Å²) in [6, 6.07) is -0.867. The first-order valence-electron chi connectivity index (χ1n) is 31.5. The van der Waals surface area contributed by atoms with Gasteiger partial charge < -0.3 is 19.8 Å².